The van der Waals surface area contributed by atoms with E-state index >= 15 is 0 Å². The monoisotopic (exact) mass is 466 g/mol. The third kappa shape index (κ3) is 8.46. The fraction of sp³-hybridized carbons (Fsp3) is 0.455. The van der Waals surface area contributed by atoms with Crippen molar-refractivity contribution in [3.8, 4) is 0 Å². The largest absolute Gasteiger partial charge is 0.475 e. The molecule has 2 heterocycles. The summed E-state index contributed by atoms with van der Waals surface area (Å²) in [6.45, 7) is -0.0896. The summed E-state index contributed by atoms with van der Waals surface area (Å²) in [5, 5.41) is 22.5. The van der Waals surface area contributed by atoms with Gasteiger partial charge in [0.15, 0.2) is 0 Å². The first-order valence-electron chi connectivity index (χ1n) is 7.97. The van der Waals surface area contributed by atoms with Crippen LogP contribution < -0.4 is 20.7 Å². The van der Waals surface area contributed by atoms with Gasteiger partial charge in [-0.1, -0.05) is 0 Å². The number of nitrogens with zero attached hydrogens (tertiary/aromatic N) is 5. The van der Waals surface area contributed by atoms with Gasteiger partial charge in [-0.3, -0.25) is 15.0 Å². The van der Waals surface area contributed by atoms with E-state index in [-0.39, 0.29) is 43.4 Å². The maximum absolute atomic E-state index is 11.1. The summed E-state index contributed by atoms with van der Waals surface area (Å²) in [7, 11) is -7.59. The molecule has 17 nitrogen and oxygen atoms in total. The van der Waals surface area contributed by atoms with Gasteiger partial charge in [0.25, 0.3) is 10.1 Å². The number of anilines is 4. The molecule has 19 heteroatoms. The minimum absolute atomic E-state index is 0.0221. The lowest BCUT2D eigenvalue weighted by Gasteiger charge is -2.10. The van der Waals surface area contributed by atoms with Crippen LogP contribution in [-0.4, -0.2) is 94.2 Å². The molecular formula is C11H18N10O7S2. The Morgan fingerprint density at radius 2 is 1.53 bits per heavy atom. The number of sulfonamides is 1. The molecule has 166 valence electrons. The lowest BCUT2D eigenvalue weighted by molar-refractivity contribution is 0.0684. The first-order valence-corrected chi connectivity index (χ1v) is 11.5. The second kappa shape index (κ2) is 9.56. The van der Waals surface area contributed by atoms with Gasteiger partial charge in [-0.15, -0.1) is 5.10 Å². The highest BCUT2D eigenvalue weighted by atomic mass is 32.2. The predicted molar refractivity (Wildman–Crippen MR) is 103 cm³/mol. The van der Waals surface area contributed by atoms with Crippen molar-refractivity contribution in [2.75, 3.05) is 47.6 Å². The van der Waals surface area contributed by atoms with Crippen LogP contribution in [0.3, 0.4) is 0 Å². The number of rotatable bonds is 12. The Hall–Kier alpha value is -3.16. The minimum atomic E-state index is -4.21. The second-order valence-corrected chi connectivity index (χ2v) is 8.96. The third-order valence-electron chi connectivity index (χ3n) is 2.96. The highest BCUT2D eigenvalue weighted by Gasteiger charge is 2.13. The van der Waals surface area contributed by atoms with Crippen LogP contribution in [0.15, 0.2) is 0 Å². The molecule has 2 aromatic rings. The predicted octanol–water partition coefficient (Wildman–Crippen LogP) is -2.31. The Kier molecular flexibility index (Phi) is 7.37. The molecule has 0 radical (unpaired) electrons. The number of aromatic nitrogens is 6. The van der Waals surface area contributed by atoms with Gasteiger partial charge in [0.05, 0.1) is 12.0 Å². The number of carboxylic acids is 1. The average molecular weight is 466 g/mol. The third-order valence-corrected chi connectivity index (χ3v) is 4.41. The van der Waals surface area contributed by atoms with E-state index in [0.717, 1.165) is 6.26 Å². The van der Waals surface area contributed by atoms with Crippen molar-refractivity contribution in [1.29, 1.82) is 0 Å². The fourth-order valence-corrected chi connectivity index (χ4v) is 2.64. The summed E-state index contributed by atoms with van der Waals surface area (Å²) in [6, 6.07) is 0. The van der Waals surface area contributed by atoms with Crippen molar-refractivity contribution in [1.82, 2.24) is 34.9 Å². The van der Waals surface area contributed by atoms with E-state index in [1.807, 2.05) is 0 Å². The number of nitrogens with one attached hydrogen (secondary N) is 5. The van der Waals surface area contributed by atoms with Crippen molar-refractivity contribution in [2.45, 2.75) is 0 Å². The summed E-state index contributed by atoms with van der Waals surface area (Å²) in [5.74, 6) is -2.77. The zero-order chi connectivity index (χ0) is 22.4. The van der Waals surface area contributed by atoms with E-state index in [1.165, 1.54) is 0 Å². The zero-order valence-electron chi connectivity index (χ0n) is 15.3. The van der Waals surface area contributed by atoms with Crippen LogP contribution in [0.2, 0.25) is 0 Å². The van der Waals surface area contributed by atoms with Crippen LogP contribution in [-0.2, 0) is 20.1 Å². The van der Waals surface area contributed by atoms with Crippen LogP contribution >= 0.6 is 0 Å². The lowest BCUT2D eigenvalue weighted by Crippen LogP contribution is -2.28. The Labute approximate surface area is 169 Å². The van der Waals surface area contributed by atoms with Gasteiger partial charge < -0.3 is 15.7 Å². The molecule has 0 saturated carbocycles. The van der Waals surface area contributed by atoms with E-state index in [9.17, 15) is 21.6 Å². The summed E-state index contributed by atoms with van der Waals surface area (Å²) in [6.07, 6.45) is 0.997. The van der Waals surface area contributed by atoms with E-state index < -0.39 is 37.7 Å². The lowest BCUT2D eigenvalue weighted by atomic mass is 10.6. The van der Waals surface area contributed by atoms with Crippen LogP contribution in [0.5, 0.6) is 0 Å². The van der Waals surface area contributed by atoms with Gasteiger partial charge in [0, 0.05) is 19.6 Å². The fourth-order valence-electron chi connectivity index (χ4n) is 1.81. The smallest absolute Gasteiger partial charge is 0.373 e. The molecule has 0 spiro atoms. The molecule has 0 aliphatic carbocycles. The number of carbonyl (C=O) groups is 1. The van der Waals surface area contributed by atoms with E-state index in [0.29, 0.717) is 0 Å². The molecule has 0 atom stereocenters. The molecule has 2 rings (SSSR count). The molecule has 0 saturated heterocycles. The minimum Gasteiger partial charge on any atom is -0.475 e. The van der Waals surface area contributed by atoms with Crippen molar-refractivity contribution in [3.05, 3.63) is 5.82 Å². The Morgan fingerprint density at radius 3 is 2.07 bits per heavy atom. The maximum atomic E-state index is 11.1. The van der Waals surface area contributed by atoms with E-state index in [4.69, 9.17) is 9.66 Å². The van der Waals surface area contributed by atoms with Gasteiger partial charge in [0.1, 0.15) is 0 Å². The second-order valence-electron chi connectivity index (χ2n) is 5.55. The molecule has 7 N–H and O–H groups in total. The molecule has 0 amide bonds. The molecular weight excluding hydrogens is 448 g/mol. The van der Waals surface area contributed by atoms with Gasteiger partial charge in [-0.25, -0.2) is 17.9 Å². The Balaban J connectivity index is 2.14. The van der Waals surface area contributed by atoms with Gasteiger partial charge in [0.2, 0.25) is 39.6 Å². The normalized spacial score (nSPS) is 11.8. The Bertz CT molecular complexity index is 1100. The van der Waals surface area contributed by atoms with Gasteiger partial charge in [-0.2, -0.15) is 28.4 Å². The summed E-state index contributed by atoms with van der Waals surface area (Å²) in [4.78, 5) is 26.4. The maximum Gasteiger partial charge on any atom is 0.373 e. The number of aromatic carboxylic acids is 1. The number of aromatic amines is 1. The number of H-pyrrole nitrogens is 1. The summed E-state index contributed by atoms with van der Waals surface area (Å²) < 4.78 is 54.8. The quantitative estimate of drug-likeness (QED) is 0.128. The average Bonchev–Trinajstić information content (AvgIpc) is 3.05. The Morgan fingerprint density at radius 1 is 0.933 bits per heavy atom. The highest BCUT2D eigenvalue weighted by Crippen LogP contribution is 2.13. The molecule has 0 aromatic carbocycles. The molecule has 0 aliphatic heterocycles. The number of hydrogen-bond donors (Lipinski definition) is 7. The molecule has 2 aromatic heterocycles. The van der Waals surface area contributed by atoms with Crippen molar-refractivity contribution < 1.29 is 31.3 Å². The van der Waals surface area contributed by atoms with Crippen molar-refractivity contribution in [2.24, 2.45) is 0 Å². The van der Waals surface area contributed by atoms with Crippen LogP contribution in [0.25, 0.3) is 0 Å². The van der Waals surface area contributed by atoms with Gasteiger partial charge >= 0.3 is 5.97 Å². The number of carboxylic acid groups (broad SMARTS) is 1. The molecule has 0 bridgehead atoms. The van der Waals surface area contributed by atoms with Gasteiger partial charge in [-0.05, 0) is 0 Å². The van der Waals surface area contributed by atoms with E-state index in [2.05, 4.69) is 50.8 Å². The molecule has 0 unspecified atom stereocenters. The van der Waals surface area contributed by atoms with Crippen LogP contribution in [0, 0.1) is 0 Å². The molecule has 0 aliphatic rings. The first kappa shape index (κ1) is 23.1. The number of hydrogen-bond acceptors (Lipinski definition) is 13. The summed E-state index contributed by atoms with van der Waals surface area (Å²) >= 11 is 0. The summed E-state index contributed by atoms with van der Waals surface area (Å²) in [5.41, 5.74) is 0. The first-order chi connectivity index (χ1) is 13.9. The highest BCUT2D eigenvalue weighted by molar-refractivity contribution is 7.88. The van der Waals surface area contributed by atoms with Crippen molar-refractivity contribution in [3.63, 3.8) is 0 Å². The standard InChI is InChI=1S/C11H18N10O7S2/c1-29(24,25)14-3-2-12-8-16-9(13-4-5-30(26,27)28)18-10(17-8)19-11-15-6(7(22)23)20-21-11/h14H,2-5H2,1H3,(H,22,23)(H,26,27,28)(H4,12,13,15,16,17,18,19,20,21). The van der Waals surface area contributed by atoms with Crippen LogP contribution in [0.1, 0.15) is 10.6 Å². The SMILES string of the molecule is CS(=O)(=O)NCCNc1nc(NCCS(=O)(=O)O)nc(Nc2n[nH]c(C(=O)O)n2)n1. The molecule has 30 heavy (non-hydrogen) atoms. The zero-order valence-corrected chi connectivity index (χ0v) is 16.9. The topological polar surface area (TPSA) is 254 Å². The molecule has 0 fully saturated rings. The van der Waals surface area contributed by atoms with Crippen LogP contribution in [0.4, 0.5) is 23.8 Å². The van der Waals surface area contributed by atoms with E-state index in [1.54, 1.807) is 0 Å². The van der Waals surface area contributed by atoms with Crippen molar-refractivity contribution >= 4 is 49.9 Å².